The summed E-state index contributed by atoms with van der Waals surface area (Å²) in [5, 5.41) is 12.5. The number of benzene rings is 2. The summed E-state index contributed by atoms with van der Waals surface area (Å²) in [6.45, 7) is 0.462. The fourth-order valence-electron chi connectivity index (χ4n) is 2.25. The van der Waals surface area contributed by atoms with Gasteiger partial charge in [0.1, 0.15) is 12.9 Å². The van der Waals surface area contributed by atoms with Gasteiger partial charge in [-0.1, -0.05) is 60.7 Å². The molecule has 0 aromatic heterocycles. The second-order valence-corrected chi connectivity index (χ2v) is 5.81. The van der Waals surface area contributed by atoms with Gasteiger partial charge in [0, 0.05) is 6.54 Å². The Hall–Kier alpha value is -2.70. The minimum absolute atomic E-state index is 0.000948. The largest absolute Gasteiger partial charge is 0.445 e. The van der Waals surface area contributed by atoms with Crippen molar-refractivity contribution in [1.82, 2.24) is 5.32 Å². The molecule has 1 amide bonds. The topological polar surface area (TPSA) is 84.9 Å². The molecular formula is C20H23NO5. The molecule has 2 rings (SSSR count). The van der Waals surface area contributed by atoms with E-state index in [1.165, 1.54) is 0 Å². The molecule has 0 radical (unpaired) electrons. The van der Waals surface area contributed by atoms with E-state index >= 15 is 0 Å². The molecule has 0 spiro atoms. The van der Waals surface area contributed by atoms with Gasteiger partial charge in [-0.15, -0.1) is 0 Å². The van der Waals surface area contributed by atoms with Crippen LogP contribution in [0.3, 0.4) is 0 Å². The number of hydrogen-bond acceptors (Lipinski definition) is 5. The van der Waals surface area contributed by atoms with Gasteiger partial charge in [-0.2, -0.15) is 0 Å². The van der Waals surface area contributed by atoms with Crippen molar-refractivity contribution in [3.05, 3.63) is 71.8 Å². The molecule has 6 heteroatoms. The van der Waals surface area contributed by atoms with E-state index in [-0.39, 0.29) is 19.8 Å². The normalized spacial score (nSPS) is 12.8. The molecule has 0 heterocycles. The number of aldehydes is 1. The number of ether oxygens (including phenoxy) is 2. The molecule has 0 saturated carbocycles. The van der Waals surface area contributed by atoms with Crippen LogP contribution in [0.2, 0.25) is 0 Å². The summed E-state index contributed by atoms with van der Waals surface area (Å²) in [5.74, 6) is -0.768. The van der Waals surface area contributed by atoms with Crippen LogP contribution in [0.5, 0.6) is 0 Å². The lowest BCUT2D eigenvalue weighted by Gasteiger charge is -2.18. The van der Waals surface area contributed by atoms with Crippen molar-refractivity contribution >= 4 is 12.4 Å². The van der Waals surface area contributed by atoms with Gasteiger partial charge < -0.3 is 24.7 Å². The lowest BCUT2D eigenvalue weighted by molar-refractivity contribution is -0.115. The van der Waals surface area contributed by atoms with Crippen LogP contribution in [0.25, 0.3) is 0 Å². The van der Waals surface area contributed by atoms with E-state index in [2.05, 4.69) is 5.32 Å². The predicted octanol–water partition coefficient (Wildman–Crippen LogP) is 2.31. The Morgan fingerprint density at radius 2 is 1.58 bits per heavy atom. The SMILES string of the molecule is O=C[C@@H](CNC(=O)OCc1ccccc1)[C@@H](O)COCc1ccccc1. The molecule has 0 aliphatic rings. The van der Waals surface area contributed by atoms with Crippen LogP contribution < -0.4 is 5.32 Å². The third-order valence-electron chi connectivity index (χ3n) is 3.76. The first kappa shape index (κ1) is 19.6. The highest BCUT2D eigenvalue weighted by Crippen LogP contribution is 2.05. The molecule has 0 fully saturated rings. The Morgan fingerprint density at radius 1 is 1.00 bits per heavy atom. The summed E-state index contributed by atoms with van der Waals surface area (Å²) in [4.78, 5) is 22.9. The third-order valence-corrected chi connectivity index (χ3v) is 3.76. The number of carbonyl (C=O) groups is 2. The average Bonchev–Trinajstić information content (AvgIpc) is 2.68. The second-order valence-electron chi connectivity index (χ2n) is 5.81. The monoisotopic (exact) mass is 357 g/mol. The molecule has 2 aromatic carbocycles. The van der Waals surface area contributed by atoms with Crippen LogP contribution in [0.1, 0.15) is 11.1 Å². The fraction of sp³-hybridized carbons (Fsp3) is 0.300. The molecule has 0 aliphatic heterocycles. The summed E-state index contributed by atoms with van der Waals surface area (Å²) < 4.78 is 10.5. The van der Waals surface area contributed by atoms with Crippen LogP contribution in [0, 0.1) is 5.92 Å². The Morgan fingerprint density at radius 3 is 2.15 bits per heavy atom. The summed E-state index contributed by atoms with van der Waals surface area (Å²) in [5.41, 5.74) is 1.84. The van der Waals surface area contributed by atoms with E-state index in [0.29, 0.717) is 12.9 Å². The molecule has 26 heavy (non-hydrogen) atoms. The van der Waals surface area contributed by atoms with E-state index in [0.717, 1.165) is 11.1 Å². The van der Waals surface area contributed by atoms with E-state index in [9.17, 15) is 14.7 Å². The molecule has 0 bridgehead atoms. The van der Waals surface area contributed by atoms with Crippen LogP contribution in [-0.2, 0) is 27.5 Å². The third kappa shape index (κ3) is 7.04. The number of amides is 1. The number of aliphatic hydroxyl groups excluding tert-OH is 1. The van der Waals surface area contributed by atoms with Crippen LogP contribution in [-0.4, -0.2) is 36.7 Å². The molecule has 0 aliphatic carbocycles. The van der Waals surface area contributed by atoms with E-state index < -0.39 is 18.1 Å². The molecule has 2 N–H and O–H groups in total. The zero-order valence-electron chi connectivity index (χ0n) is 14.4. The highest BCUT2D eigenvalue weighted by molar-refractivity contribution is 5.68. The Kier molecular flexibility index (Phi) is 8.32. The number of rotatable bonds is 10. The number of alkyl carbamates (subject to hydrolysis) is 1. The summed E-state index contributed by atoms with van der Waals surface area (Å²) in [6, 6.07) is 18.8. The smallest absolute Gasteiger partial charge is 0.407 e. The standard InChI is InChI=1S/C20H23NO5/c22-12-18(19(23)15-25-13-16-7-3-1-4-8-16)11-21-20(24)26-14-17-9-5-2-6-10-17/h1-10,12,18-19,23H,11,13-15H2,(H,21,24)/t18-,19+/m1/s1. The molecule has 138 valence electrons. The van der Waals surface area contributed by atoms with Crippen molar-refractivity contribution in [2.75, 3.05) is 13.2 Å². The van der Waals surface area contributed by atoms with Gasteiger partial charge in [-0.25, -0.2) is 4.79 Å². The summed E-state index contributed by atoms with van der Waals surface area (Å²) in [6.07, 6.45) is -1.04. The average molecular weight is 357 g/mol. The zero-order valence-corrected chi connectivity index (χ0v) is 14.4. The van der Waals surface area contributed by atoms with Gasteiger partial charge in [0.05, 0.1) is 25.2 Å². The number of aliphatic hydroxyl groups is 1. The molecule has 0 unspecified atom stereocenters. The second kappa shape index (κ2) is 11.0. The lowest BCUT2D eigenvalue weighted by atomic mass is 10.1. The van der Waals surface area contributed by atoms with E-state index in [4.69, 9.17) is 9.47 Å². The van der Waals surface area contributed by atoms with Gasteiger partial charge in [-0.05, 0) is 11.1 Å². The van der Waals surface area contributed by atoms with Gasteiger partial charge in [0.2, 0.25) is 0 Å². The lowest BCUT2D eigenvalue weighted by Crippen LogP contribution is -2.38. The maximum atomic E-state index is 11.7. The Balaban J connectivity index is 1.66. The fourth-order valence-corrected chi connectivity index (χ4v) is 2.25. The number of carbonyl (C=O) groups excluding carboxylic acids is 2. The number of nitrogens with one attached hydrogen (secondary N) is 1. The maximum absolute atomic E-state index is 11.7. The van der Waals surface area contributed by atoms with Crippen molar-refractivity contribution in [2.24, 2.45) is 5.92 Å². The maximum Gasteiger partial charge on any atom is 0.407 e. The van der Waals surface area contributed by atoms with Crippen molar-refractivity contribution in [3.63, 3.8) is 0 Å². The first-order valence-electron chi connectivity index (χ1n) is 8.38. The van der Waals surface area contributed by atoms with E-state index in [1.54, 1.807) is 0 Å². The highest BCUT2D eigenvalue weighted by Gasteiger charge is 2.20. The summed E-state index contributed by atoms with van der Waals surface area (Å²) >= 11 is 0. The molecule has 6 nitrogen and oxygen atoms in total. The zero-order chi connectivity index (χ0) is 18.6. The van der Waals surface area contributed by atoms with Gasteiger partial charge >= 0.3 is 6.09 Å². The van der Waals surface area contributed by atoms with Crippen LogP contribution in [0.4, 0.5) is 4.79 Å². The Bertz CT molecular complexity index is 662. The van der Waals surface area contributed by atoms with Crippen molar-refractivity contribution in [3.8, 4) is 0 Å². The van der Waals surface area contributed by atoms with Crippen LogP contribution >= 0.6 is 0 Å². The van der Waals surface area contributed by atoms with Gasteiger partial charge in [0.15, 0.2) is 0 Å². The predicted molar refractivity (Wildman–Crippen MR) is 96.3 cm³/mol. The minimum atomic E-state index is -1.01. The van der Waals surface area contributed by atoms with Gasteiger partial charge in [-0.3, -0.25) is 0 Å². The summed E-state index contributed by atoms with van der Waals surface area (Å²) in [7, 11) is 0. The molecule has 2 aromatic rings. The van der Waals surface area contributed by atoms with Crippen LogP contribution in [0.15, 0.2) is 60.7 Å². The molecule has 2 atom stereocenters. The quantitative estimate of drug-likeness (QED) is 0.638. The minimum Gasteiger partial charge on any atom is -0.445 e. The Labute approximate surface area is 152 Å². The highest BCUT2D eigenvalue weighted by atomic mass is 16.5. The van der Waals surface area contributed by atoms with E-state index in [1.807, 2.05) is 60.7 Å². The van der Waals surface area contributed by atoms with Gasteiger partial charge in [0.25, 0.3) is 0 Å². The molecule has 0 saturated heterocycles. The number of hydrogen-bond donors (Lipinski definition) is 2. The molecular weight excluding hydrogens is 334 g/mol. The first-order valence-corrected chi connectivity index (χ1v) is 8.38. The van der Waals surface area contributed by atoms with Crippen molar-refractivity contribution in [2.45, 2.75) is 19.3 Å². The van der Waals surface area contributed by atoms with Crippen molar-refractivity contribution in [1.29, 1.82) is 0 Å². The first-order chi connectivity index (χ1) is 12.7. The van der Waals surface area contributed by atoms with Crippen molar-refractivity contribution < 1.29 is 24.2 Å².